The molecule has 0 aromatic heterocycles. The van der Waals surface area contributed by atoms with E-state index in [0.29, 0.717) is 0 Å². The fourth-order valence-corrected chi connectivity index (χ4v) is 6.49. The van der Waals surface area contributed by atoms with Crippen molar-refractivity contribution in [2.24, 2.45) is 0 Å². The summed E-state index contributed by atoms with van der Waals surface area (Å²) in [5.74, 6) is 0. The van der Waals surface area contributed by atoms with Crippen molar-refractivity contribution in [2.45, 2.75) is 6.42 Å². The maximum absolute atomic E-state index is 8.49. The summed E-state index contributed by atoms with van der Waals surface area (Å²) in [6.07, 6.45) is 2.58. The van der Waals surface area contributed by atoms with E-state index in [2.05, 4.69) is 65.8 Å². The second-order valence-electron chi connectivity index (χ2n) is 4.84. The zero-order chi connectivity index (χ0) is 16.1. The first-order chi connectivity index (χ1) is 10.4. The predicted octanol–water partition coefficient (Wildman–Crippen LogP) is -2.19. The number of hydrogen-bond donors (Lipinski definition) is 1. The molecule has 0 saturated carbocycles. The molecule has 2 aromatic carbocycles. The molecular weight excluding hydrogens is 325 g/mol. The lowest BCUT2D eigenvalue weighted by atomic mass is 10.4. The molecular formula is C15H17ClNO4P. The van der Waals surface area contributed by atoms with E-state index < -0.39 is 17.7 Å². The first kappa shape index (κ1) is 17.3. The van der Waals surface area contributed by atoms with Gasteiger partial charge in [-0.3, -0.25) is 0 Å². The van der Waals surface area contributed by atoms with Gasteiger partial charge >= 0.3 is 0 Å². The van der Waals surface area contributed by atoms with Gasteiger partial charge in [0, 0.05) is 6.54 Å². The van der Waals surface area contributed by atoms with E-state index >= 15 is 0 Å². The van der Waals surface area contributed by atoms with Crippen LogP contribution in [0.25, 0.3) is 0 Å². The molecule has 0 aliphatic carbocycles. The minimum atomic E-state index is -4.94. The Bertz CT molecular complexity index is 524. The highest BCUT2D eigenvalue weighted by atomic mass is 35.7. The summed E-state index contributed by atoms with van der Waals surface area (Å²) >= 11 is 0. The van der Waals surface area contributed by atoms with Crippen molar-refractivity contribution in [3.63, 3.8) is 0 Å². The summed E-state index contributed by atoms with van der Waals surface area (Å²) in [4.78, 5) is 0. The molecule has 1 aliphatic rings. The van der Waals surface area contributed by atoms with Gasteiger partial charge in [-0.1, -0.05) is 36.4 Å². The fourth-order valence-electron chi connectivity index (χ4n) is 2.62. The van der Waals surface area contributed by atoms with Crippen molar-refractivity contribution >= 4 is 18.0 Å². The van der Waals surface area contributed by atoms with Gasteiger partial charge in [-0.2, -0.15) is 5.09 Å². The highest BCUT2D eigenvalue weighted by Crippen LogP contribution is 2.55. The van der Waals surface area contributed by atoms with Crippen LogP contribution in [0, 0.1) is 10.2 Å². The van der Waals surface area contributed by atoms with Crippen LogP contribution >= 0.6 is 7.41 Å². The molecule has 1 saturated heterocycles. The van der Waals surface area contributed by atoms with Gasteiger partial charge in [-0.25, -0.2) is 18.6 Å². The van der Waals surface area contributed by atoms with Crippen LogP contribution in [-0.4, -0.2) is 12.7 Å². The number of rotatable bonds is 2. The zero-order valence-electron chi connectivity index (χ0n) is 11.9. The summed E-state index contributed by atoms with van der Waals surface area (Å²) in [7, 11) is -6.25. The van der Waals surface area contributed by atoms with Gasteiger partial charge in [-0.05, 0) is 30.7 Å². The maximum Gasteiger partial charge on any atom is 0.145 e. The number of benzene rings is 2. The molecule has 0 bridgehead atoms. The Labute approximate surface area is 132 Å². The molecule has 1 N–H and O–H groups in total. The maximum atomic E-state index is 8.49. The monoisotopic (exact) mass is 341 g/mol. The molecule has 1 fully saturated rings. The number of nitrogens with one attached hydrogen (secondary N) is 1. The van der Waals surface area contributed by atoms with Crippen molar-refractivity contribution in [3.05, 3.63) is 60.7 Å². The normalized spacial score (nSPS) is 16.7. The third kappa shape index (κ3) is 4.73. The highest BCUT2D eigenvalue weighted by Gasteiger charge is 2.45. The van der Waals surface area contributed by atoms with Crippen LogP contribution in [0.2, 0.25) is 0 Å². The van der Waals surface area contributed by atoms with Crippen molar-refractivity contribution in [2.75, 3.05) is 12.7 Å². The van der Waals surface area contributed by atoms with Gasteiger partial charge in [-0.15, -0.1) is 10.2 Å². The lowest BCUT2D eigenvalue weighted by Gasteiger charge is -2.21. The van der Waals surface area contributed by atoms with Crippen molar-refractivity contribution in [1.82, 2.24) is 5.09 Å². The summed E-state index contributed by atoms with van der Waals surface area (Å²) in [5.41, 5.74) is 0. The second kappa shape index (κ2) is 7.49. The predicted molar refractivity (Wildman–Crippen MR) is 76.6 cm³/mol. The molecule has 3 rings (SSSR count). The van der Waals surface area contributed by atoms with E-state index in [1.165, 1.54) is 23.2 Å². The minimum absolute atomic E-state index is 1.15. The smallest absolute Gasteiger partial charge is 0.145 e. The molecule has 1 aliphatic heterocycles. The largest absolute Gasteiger partial charge is 0.222 e. The third-order valence-electron chi connectivity index (χ3n) is 3.45. The van der Waals surface area contributed by atoms with Gasteiger partial charge < -0.3 is 0 Å². The molecule has 0 unspecified atom stereocenters. The van der Waals surface area contributed by atoms with Crippen LogP contribution < -0.4 is 34.3 Å². The minimum Gasteiger partial charge on any atom is -0.222 e. The van der Waals surface area contributed by atoms with E-state index in [9.17, 15) is 0 Å². The van der Waals surface area contributed by atoms with Gasteiger partial charge in [0.2, 0.25) is 0 Å². The van der Waals surface area contributed by atoms with Crippen LogP contribution in [0.15, 0.2) is 60.7 Å². The SMILES string of the molecule is [O-][Cl+3]([O-])([O-])[O-].c1ccc([P+]2(c3ccccc3)CCCN2)cc1. The van der Waals surface area contributed by atoms with Crippen LogP contribution in [0.5, 0.6) is 0 Å². The Morgan fingerprint density at radius 3 is 1.50 bits per heavy atom. The Hall–Kier alpha value is -1.04. The Morgan fingerprint density at radius 1 is 0.773 bits per heavy atom. The summed E-state index contributed by atoms with van der Waals surface area (Å²) in [6, 6.07) is 21.9. The standard InChI is InChI=1S/C15H17NP.ClHO4/c1-3-8-14(9-4-1)17(13-7-12-16-17)15-10-5-2-6-11-15;2-1(3,4)5/h1-6,8-11,16H,7,12-13H2;(H,2,3,4,5)/q+1;/p-1. The molecule has 118 valence electrons. The van der Waals surface area contributed by atoms with Crippen molar-refractivity contribution < 1.29 is 28.9 Å². The van der Waals surface area contributed by atoms with E-state index in [4.69, 9.17) is 18.6 Å². The molecule has 7 heteroatoms. The summed E-state index contributed by atoms with van der Waals surface area (Å²) in [6.45, 7) is 1.15. The molecule has 5 nitrogen and oxygen atoms in total. The molecule has 1 heterocycles. The summed E-state index contributed by atoms with van der Waals surface area (Å²) < 4.78 is 34.0. The van der Waals surface area contributed by atoms with Crippen LogP contribution in [-0.2, 0) is 0 Å². The van der Waals surface area contributed by atoms with E-state index in [0.717, 1.165) is 6.54 Å². The van der Waals surface area contributed by atoms with Crippen LogP contribution in [0.1, 0.15) is 6.42 Å². The average Bonchev–Trinajstić information content (AvgIpc) is 2.98. The van der Waals surface area contributed by atoms with Gasteiger partial charge in [0.05, 0.1) is 6.16 Å². The van der Waals surface area contributed by atoms with Gasteiger partial charge in [0.15, 0.2) is 0 Å². The molecule has 0 spiro atoms. The Morgan fingerprint density at radius 2 is 1.18 bits per heavy atom. The van der Waals surface area contributed by atoms with Crippen molar-refractivity contribution in [1.29, 1.82) is 0 Å². The first-order valence-electron chi connectivity index (χ1n) is 6.78. The average molecular weight is 342 g/mol. The summed E-state index contributed by atoms with van der Waals surface area (Å²) in [5, 5.41) is 6.79. The molecule has 0 radical (unpaired) electrons. The number of halogens is 1. The van der Waals surface area contributed by atoms with Crippen LogP contribution in [0.4, 0.5) is 0 Å². The third-order valence-corrected chi connectivity index (χ3v) is 7.56. The lowest BCUT2D eigenvalue weighted by molar-refractivity contribution is -2.00. The molecule has 0 amide bonds. The fraction of sp³-hybridized carbons (Fsp3) is 0.200. The van der Waals surface area contributed by atoms with E-state index in [1.807, 2.05) is 0 Å². The van der Waals surface area contributed by atoms with Gasteiger partial charge in [0.1, 0.15) is 18.0 Å². The van der Waals surface area contributed by atoms with Crippen LogP contribution in [0.3, 0.4) is 0 Å². The Kier molecular flexibility index (Phi) is 5.89. The number of hydrogen-bond acceptors (Lipinski definition) is 5. The molecule has 0 atom stereocenters. The van der Waals surface area contributed by atoms with E-state index in [1.54, 1.807) is 0 Å². The zero-order valence-corrected chi connectivity index (χ0v) is 13.5. The van der Waals surface area contributed by atoms with E-state index in [-0.39, 0.29) is 0 Å². The second-order valence-corrected chi connectivity index (χ2v) is 9.02. The molecule has 22 heavy (non-hydrogen) atoms. The van der Waals surface area contributed by atoms with Crippen molar-refractivity contribution in [3.8, 4) is 0 Å². The molecule has 2 aromatic rings. The first-order valence-corrected chi connectivity index (χ1v) is 9.99. The topological polar surface area (TPSA) is 104 Å². The lowest BCUT2D eigenvalue weighted by Crippen LogP contribution is -2.68. The highest BCUT2D eigenvalue weighted by molar-refractivity contribution is 7.88. The Balaban J connectivity index is 0.000000309. The quantitative estimate of drug-likeness (QED) is 0.625. The van der Waals surface area contributed by atoms with Gasteiger partial charge in [0.25, 0.3) is 0 Å².